The predicted molar refractivity (Wildman–Crippen MR) is 209 cm³/mol. The Hall–Kier alpha value is -3.77. The molecule has 0 bridgehead atoms. The molecule has 53 heavy (non-hydrogen) atoms. The molecule has 1 aliphatic heterocycles. The Morgan fingerprint density at radius 1 is 1.06 bits per heavy atom. The lowest BCUT2D eigenvalue weighted by Crippen LogP contribution is -2.69. The monoisotopic (exact) mass is 748 g/mol. The fourth-order valence-electron chi connectivity index (χ4n) is 8.22. The average molecular weight is 749 g/mol. The second-order valence-corrected chi connectivity index (χ2v) is 14.9. The van der Waals surface area contributed by atoms with Crippen LogP contribution in [-0.2, 0) is 14.3 Å². The molecule has 1 saturated carbocycles. The molecular formula is C42H56N2O8S. The van der Waals surface area contributed by atoms with Gasteiger partial charge >= 0.3 is 6.09 Å². The van der Waals surface area contributed by atoms with Gasteiger partial charge in [-0.1, -0.05) is 54.4 Å². The number of unbranched alkanes of at least 4 members (excludes halogenated alkanes) is 2. The van der Waals surface area contributed by atoms with Crippen molar-refractivity contribution in [2.24, 2.45) is 22.9 Å². The SMILES string of the molecule is C=CCCOC(=O)N(C)[C@H]1CC(=NOC)C2=C[C@H](CCCCO)[C@@H](CCCCO)[C@@H]3c4cc(OCCSc5ccccc5)ccc4O[C@@]1(OCC=C)[C@H]23. The largest absolute Gasteiger partial charge is 0.493 e. The third-order valence-electron chi connectivity index (χ3n) is 10.5. The van der Waals surface area contributed by atoms with Crippen molar-refractivity contribution in [1.82, 2.24) is 4.90 Å². The summed E-state index contributed by atoms with van der Waals surface area (Å²) in [5.74, 6) is 0.655. The van der Waals surface area contributed by atoms with Crippen LogP contribution in [0.1, 0.15) is 62.8 Å². The molecule has 2 N–H and O–H groups in total. The van der Waals surface area contributed by atoms with E-state index in [1.165, 1.54) is 12.0 Å². The summed E-state index contributed by atoms with van der Waals surface area (Å²) in [6.45, 7) is 8.89. The molecule has 3 aliphatic rings. The van der Waals surface area contributed by atoms with Gasteiger partial charge in [-0.05, 0) is 79.8 Å². The zero-order chi connectivity index (χ0) is 37.6. The third-order valence-corrected chi connectivity index (χ3v) is 11.5. The minimum atomic E-state index is -1.32. The number of carbonyl (C=O) groups is 1. The van der Waals surface area contributed by atoms with Crippen molar-refractivity contribution >= 4 is 23.6 Å². The normalized spacial score (nSPS) is 24.9. The van der Waals surface area contributed by atoms with Crippen LogP contribution in [0.5, 0.6) is 11.5 Å². The van der Waals surface area contributed by atoms with Crippen LogP contribution in [-0.4, -0.2) is 91.7 Å². The summed E-state index contributed by atoms with van der Waals surface area (Å²) in [4.78, 5) is 21.9. The molecule has 10 nitrogen and oxygen atoms in total. The van der Waals surface area contributed by atoms with Crippen molar-refractivity contribution < 1.29 is 38.8 Å². The Morgan fingerprint density at radius 3 is 2.55 bits per heavy atom. The van der Waals surface area contributed by atoms with Gasteiger partial charge in [0.2, 0.25) is 5.79 Å². The summed E-state index contributed by atoms with van der Waals surface area (Å²) >= 11 is 1.75. The van der Waals surface area contributed by atoms with E-state index in [1.807, 2.05) is 30.3 Å². The summed E-state index contributed by atoms with van der Waals surface area (Å²) in [5, 5.41) is 24.1. The van der Waals surface area contributed by atoms with Crippen LogP contribution >= 0.6 is 11.8 Å². The highest BCUT2D eigenvalue weighted by Crippen LogP contribution is 2.61. The molecule has 0 unspecified atom stereocenters. The number of carbonyl (C=O) groups excluding carboxylic acids is 1. The van der Waals surface area contributed by atoms with Gasteiger partial charge in [0.25, 0.3) is 0 Å². The fourth-order valence-corrected chi connectivity index (χ4v) is 8.97. The summed E-state index contributed by atoms with van der Waals surface area (Å²) in [5.41, 5.74) is 2.73. The van der Waals surface area contributed by atoms with Gasteiger partial charge in [-0.2, -0.15) is 0 Å². The molecule has 2 aliphatic carbocycles. The van der Waals surface area contributed by atoms with Crippen LogP contribution in [0, 0.1) is 17.8 Å². The number of nitrogens with zero attached hydrogens (tertiary/aromatic N) is 2. The first kappa shape index (κ1) is 40.4. The Labute approximate surface area is 318 Å². The number of aliphatic hydroxyl groups excluding tert-OH is 2. The molecule has 0 saturated heterocycles. The van der Waals surface area contributed by atoms with Crippen molar-refractivity contribution in [1.29, 1.82) is 0 Å². The van der Waals surface area contributed by atoms with Crippen LogP contribution in [0.3, 0.4) is 0 Å². The molecule has 1 fully saturated rings. The smallest absolute Gasteiger partial charge is 0.409 e. The number of benzene rings is 2. The van der Waals surface area contributed by atoms with Crippen molar-refractivity contribution in [3.05, 3.63) is 91.1 Å². The minimum Gasteiger partial charge on any atom is -0.493 e. The number of amides is 1. The fraction of sp³-hybridized carbons (Fsp3) is 0.524. The van der Waals surface area contributed by atoms with Crippen molar-refractivity contribution in [3.63, 3.8) is 0 Å². The van der Waals surface area contributed by atoms with Crippen LogP contribution in [0.2, 0.25) is 0 Å². The van der Waals surface area contributed by atoms with Gasteiger partial charge in [-0.3, -0.25) is 0 Å². The molecule has 11 heteroatoms. The first-order valence-electron chi connectivity index (χ1n) is 18.8. The van der Waals surface area contributed by atoms with Gasteiger partial charge in [0.15, 0.2) is 0 Å². The lowest BCUT2D eigenvalue weighted by molar-refractivity contribution is -0.253. The van der Waals surface area contributed by atoms with Gasteiger partial charge in [-0.15, -0.1) is 24.9 Å². The maximum absolute atomic E-state index is 13.7. The van der Waals surface area contributed by atoms with E-state index in [2.05, 4.69) is 42.6 Å². The van der Waals surface area contributed by atoms with Gasteiger partial charge in [0.05, 0.1) is 31.5 Å². The Balaban J connectivity index is 1.62. The number of likely N-dealkylation sites (N-methyl/N-ethyl adjacent to an activating group) is 1. The zero-order valence-corrected chi connectivity index (χ0v) is 32.0. The predicted octanol–water partition coefficient (Wildman–Crippen LogP) is 7.77. The summed E-state index contributed by atoms with van der Waals surface area (Å²) in [6, 6.07) is 15.7. The quantitative estimate of drug-likeness (QED) is 0.0572. The van der Waals surface area contributed by atoms with Crippen molar-refractivity contribution in [3.8, 4) is 11.5 Å². The number of allylic oxidation sites excluding steroid dienone is 1. The molecule has 2 aromatic carbocycles. The highest BCUT2D eigenvalue weighted by Gasteiger charge is 2.65. The molecule has 1 heterocycles. The van der Waals surface area contributed by atoms with E-state index in [4.69, 9.17) is 23.8 Å². The number of hydrogen-bond acceptors (Lipinski definition) is 10. The molecular weight excluding hydrogens is 693 g/mol. The van der Waals surface area contributed by atoms with Gasteiger partial charge < -0.3 is 38.9 Å². The maximum Gasteiger partial charge on any atom is 0.409 e. The first-order valence-corrected chi connectivity index (χ1v) is 19.8. The molecule has 0 aromatic heterocycles. The van der Waals surface area contributed by atoms with Crippen LogP contribution < -0.4 is 9.47 Å². The van der Waals surface area contributed by atoms with E-state index in [9.17, 15) is 15.0 Å². The average Bonchev–Trinajstić information content (AvgIpc) is 3.17. The van der Waals surface area contributed by atoms with Crippen LogP contribution in [0.25, 0.3) is 0 Å². The Kier molecular flexibility index (Phi) is 15.3. The van der Waals surface area contributed by atoms with Crippen LogP contribution in [0.15, 0.2) is 95.5 Å². The molecule has 5 rings (SSSR count). The number of thioether (sulfide) groups is 1. The Morgan fingerprint density at radius 2 is 1.83 bits per heavy atom. The second kappa shape index (κ2) is 20.1. The molecule has 0 spiro atoms. The highest BCUT2D eigenvalue weighted by molar-refractivity contribution is 7.99. The number of oxime groups is 1. The van der Waals surface area contributed by atoms with Crippen molar-refractivity contribution in [2.75, 3.05) is 52.9 Å². The highest BCUT2D eigenvalue weighted by atomic mass is 32.2. The Bertz CT molecular complexity index is 1570. The standard InChI is InChI=1S/C42H56N2O8S/c1-5-7-24-50-41(47)44(3)38-29-36(43-48-4)34-27-30(15-11-13-21-45)33(18-12-14-22-46)39-35-28-31(49-25-26-53-32-16-9-8-10-17-32)19-20-37(35)52-42(38,40(34)39)51-23-6-2/h5-6,8-10,16-17,19-20,27-28,30,33,38-40,45-46H,1-2,7,11-15,18,21-26,29H2,3-4H3/t30-,33+,38-,39+,40+,42+/m0/s1. The third kappa shape index (κ3) is 9.49. The van der Waals surface area contributed by atoms with E-state index < -0.39 is 17.9 Å². The number of hydrogen-bond donors (Lipinski definition) is 2. The van der Waals surface area contributed by atoms with Gasteiger partial charge in [0.1, 0.15) is 24.7 Å². The second-order valence-electron chi connectivity index (χ2n) is 13.8. The summed E-state index contributed by atoms with van der Waals surface area (Å²) in [7, 11) is 3.26. The van der Waals surface area contributed by atoms with Crippen LogP contribution in [0.4, 0.5) is 4.79 Å². The lowest BCUT2D eigenvalue weighted by atomic mass is 9.55. The summed E-state index contributed by atoms with van der Waals surface area (Å²) in [6.07, 6.45) is 10.9. The van der Waals surface area contributed by atoms with Crippen molar-refractivity contribution in [2.45, 2.75) is 74.0 Å². The minimum absolute atomic E-state index is 0.119. The summed E-state index contributed by atoms with van der Waals surface area (Å²) < 4.78 is 26.1. The lowest BCUT2D eigenvalue weighted by Gasteiger charge is -2.59. The zero-order valence-electron chi connectivity index (χ0n) is 31.2. The number of rotatable bonds is 21. The first-order chi connectivity index (χ1) is 25.9. The molecule has 2 aromatic rings. The topological polar surface area (TPSA) is 119 Å². The molecule has 0 radical (unpaired) electrons. The molecule has 288 valence electrons. The maximum atomic E-state index is 13.7. The van der Waals surface area contributed by atoms with E-state index >= 15 is 0 Å². The van der Waals surface area contributed by atoms with Gasteiger partial charge in [0, 0.05) is 48.8 Å². The van der Waals surface area contributed by atoms with E-state index in [0.717, 1.165) is 54.0 Å². The number of fused-ring (bicyclic) bond motifs is 2. The molecule has 1 amide bonds. The number of aliphatic hydroxyl groups is 2. The molecule has 6 atom stereocenters. The van der Waals surface area contributed by atoms with E-state index in [1.54, 1.807) is 35.9 Å². The van der Waals surface area contributed by atoms with E-state index in [-0.39, 0.29) is 50.1 Å². The van der Waals surface area contributed by atoms with Gasteiger partial charge in [-0.25, -0.2) is 4.79 Å². The number of ether oxygens (including phenoxy) is 4. The van der Waals surface area contributed by atoms with E-state index in [0.29, 0.717) is 38.0 Å².